The maximum atomic E-state index is 11.4. The van der Waals surface area contributed by atoms with Crippen LogP contribution in [0.3, 0.4) is 0 Å². The molecule has 1 fully saturated rings. The summed E-state index contributed by atoms with van der Waals surface area (Å²) in [6.45, 7) is 5.00. The summed E-state index contributed by atoms with van der Waals surface area (Å²) in [5.74, 6) is 0.529. The number of hydrogen-bond acceptors (Lipinski definition) is 4. The van der Waals surface area contributed by atoms with Crippen LogP contribution in [0, 0.1) is 5.92 Å². The Morgan fingerprint density at radius 3 is 2.67 bits per heavy atom. The third-order valence-electron chi connectivity index (χ3n) is 4.56. The summed E-state index contributed by atoms with van der Waals surface area (Å²) in [5, 5.41) is 0. The van der Waals surface area contributed by atoms with Crippen molar-refractivity contribution in [3.05, 3.63) is 35.4 Å². The Labute approximate surface area is 127 Å². The third-order valence-corrected chi connectivity index (χ3v) is 4.56. The van der Waals surface area contributed by atoms with Crippen LogP contribution in [0.15, 0.2) is 24.3 Å². The van der Waals surface area contributed by atoms with Gasteiger partial charge in [0.15, 0.2) is 0 Å². The molecule has 4 nitrogen and oxygen atoms in total. The second kappa shape index (κ2) is 7.57. The number of esters is 1. The number of carbonyl (C=O) groups is 1. The van der Waals surface area contributed by atoms with E-state index in [1.807, 2.05) is 24.3 Å². The van der Waals surface area contributed by atoms with Crippen LogP contribution in [0.25, 0.3) is 0 Å². The zero-order valence-corrected chi connectivity index (χ0v) is 13.0. The molecule has 1 aliphatic heterocycles. The van der Waals surface area contributed by atoms with Crippen molar-refractivity contribution in [2.75, 3.05) is 20.2 Å². The van der Waals surface area contributed by atoms with Gasteiger partial charge in [-0.15, -0.1) is 0 Å². The lowest BCUT2D eigenvalue weighted by atomic mass is 9.88. The van der Waals surface area contributed by atoms with Gasteiger partial charge in [-0.05, 0) is 43.0 Å². The number of nitrogens with two attached hydrogens (primary N) is 1. The van der Waals surface area contributed by atoms with Gasteiger partial charge in [-0.25, -0.2) is 4.79 Å². The van der Waals surface area contributed by atoms with E-state index in [0.717, 1.165) is 25.6 Å². The van der Waals surface area contributed by atoms with E-state index in [1.165, 1.54) is 31.9 Å². The lowest BCUT2D eigenvalue weighted by molar-refractivity contribution is 0.0600. The van der Waals surface area contributed by atoms with Crippen LogP contribution < -0.4 is 5.73 Å². The molecule has 0 bridgehead atoms. The van der Waals surface area contributed by atoms with Crippen molar-refractivity contribution < 1.29 is 9.53 Å². The van der Waals surface area contributed by atoms with E-state index in [-0.39, 0.29) is 5.97 Å². The summed E-state index contributed by atoms with van der Waals surface area (Å²) in [5.41, 5.74) is 7.76. The average Bonchev–Trinajstić information content (AvgIpc) is 2.55. The van der Waals surface area contributed by atoms with Crippen LogP contribution in [-0.4, -0.2) is 37.1 Å². The first kappa shape index (κ1) is 16.0. The monoisotopic (exact) mass is 290 g/mol. The number of piperidine rings is 1. The number of nitrogens with zero attached hydrogens (tertiary/aromatic N) is 1. The molecule has 0 radical (unpaired) electrons. The van der Waals surface area contributed by atoms with Crippen molar-refractivity contribution in [3.8, 4) is 0 Å². The van der Waals surface area contributed by atoms with Gasteiger partial charge in [0, 0.05) is 19.1 Å². The normalized spacial score (nSPS) is 23.0. The number of ether oxygens (including phenoxy) is 1. The maximum Gasteiger partial charge on any atom is 0.337 e. The molecule has 2 rings (SSSR count). The molecule has 116 valence electrons. The zero-order chi connectivity index (χ0) is 15.2. The fourth-order valence-electron chi connectivity index (χ4n) is 3.11. The highest BCUT2D eigenvalue weighted by Crippen LogP contribution is 2.26. The quantitative estimate of drug-likeness (QED) is 0.846. The van der Waals surface area contributed by atoms with Gasteiger partial charge in [-0.1, -0.05) is 25.5 Å². The van der Waals surface area contributed by atoms with E-state index in [4.69, 9.17) is 10.5 Å². The lowest BCUT2D eigenvalue weighted by Crippen LogP contribution is -2.46. The van der Waals surface area contributed by atoms with E-state index >= 15 is 0 Å². The molecule has 2 unspecified atom stereocenters. The standard InChI is InChI=1S/C17H26N2O2/c1-3-13-8-9-19(16(10-13)11-18)12-14-4-6-15(7-5-14)17(20)21-2/h4-7,13,16H,3,8-12,18H2,1-2H3. The average molecular weight is 290 g/mol. The Morgan fingerprint density at radius 2 is 2.10 bits per heavy atom. The van der Waals surface area contributed by atoms with E-state index < -0.39 is 0 Å². The summed E-state index contributed by atoms with van der Waals surface area (Å²) in [6, 6.07) is 8.15. The highest BCUT2D eigenvalue weighted by molar-refractivity contribution is 5.89. The molecule has 0 saturated carbocycles. The van der Waals surface area contributed by atoms with Crippen molar-refractivity contribution >= 4 is 5.97 Å². The topological polar surface area (TPSA) is 55.6 Å². The second-order valence-electron chi connectivity index (χ2n) is 5.85. The fourth-order valence-corrected chi connectivity index (χ4v) is 3.11. The molecule has 21 heavy (non-hydrogen) atoms. The first-order valence-electron chi connectivity index (χ1n) is 7.79. The van der Waals surface area contributed by atoms with Crippen LogP contribution in [0.1, 0.15) is 42.1 Å². The molecule has 0 spiro atoms. The first-order chi connectivity index (χ1) is 10.2. The summed E-state index contributed by atoms with van der Waals surface area (Å²) in [6.07, 6.45) is 3.71. The highest BCUT2D eigenvalue weighted by Gasteiger charge is 2.26. The Kier molecular flexibility index (Phi) is 5.76. The minimum Gasteiger partial charge on any atom is -0.465 e. The molecular weight excluding hydrogens is 264 g/mol. The van der Waals surface area contributed by atoms with Crippen molar-refractivity contribution in [1.29, 1.82) is 0 Å². The van der Waals surface area contributed by atoms with Crippen molar-refractivity contribution in [3.63, 3.8) is 0 Å². The van der Waals surface area contributed by atoms with Gasteiger partial charge in [0.25, 0.3) is 0 Å². The molecule has 2 N–H and O–H groups in total. The first-order valence-corrected chi connectivity index (χ1v) is 7.79. The smallest absolute Gasteiger partial charge is 0.337 e. The van der Waals surface area contributed by atoms with Crippen molar-refractivity contribution in [1.82, 2.24) is 4.90 Å². The number of benzene rings is 1. The van der Waals surface area contributed by atoms with Crippen LogP contribution >= 0.6 is 0 Å². The van der Waals surface area contributed by atoms with Crippen molar-refractivity contribution in [2.24, 2.45) is 11.7 Å². The predicted octanol–water partition coefficient (Wildman–Crippen LogP) is 2.42. The number of rotatable bonds is 5. The van der Waals surface area contributed by atoms with E-state index in [1.54, 1.807) is 0 Å². The number of methoxy groups -OCH3 is 1. The number of likely N-dealkylation sites (tertiary alicyclic amines) is 1. The Morgan fingerprint density at radius 1 is 1.38 bits per heavy atom. The van der Waals surface area contributed by atoms with Crippen LogP contribution in [0.4, 0.5) is 0 Å². The van der Waals surface area contributed by atoms with E-state index in [9.17, 15) is 4.79 Å². The van der Waals surface area contributed by atoms with Crippen molar-refractivity contribution in [2.45, 2.75) is 38.8 Å². The van der Waals surface area contributed by atoms with Gasteiger partial charge in [-0.3, -0.25) is 4.90 Å². The van der Waals surface area contributed by atoms with Gasteiger partial charge in [0.1, 0.15) is 0 Å². The van der Waals surface area contributed by atoms with Gasteiger partial charge in [0.2, 0.25) is 0 Å². The molecule has 0 aliphatic carbocycles. The Bertz CT molecular complexity index is 458. The fraction of sp³-hybridized carbons (Fsp3) is 0.588. The van der Waals surface area contributed by atoms with Crippen LogP contribution in [-0.2, 0) is 11.3 Å². The summed E-state index contributed by atoms with van der Waals surface area (Å²) in [7, 11) is 1.40. The molecule has 0 aromatic heterocycles. The van der Waals surface area contributed by atoms with Gasteiger partial charge in [-0.2, -0.15) is 0 Å². The molecule has 1 saturated heterocycles. The molecule has 4 heteroatoms. The number of carbonyl (C=O) groups excluding carboxylic acids is 1. The lowest BCUT2D eigenvalue weighted by Gasteiger charge is -2.38. The molecule has 1 heterocycles. The van der Waals surface area contributed by atoms with Gasteiger partial charge in [0.05, 0.1) is 12.7 Å². The molecule has 0 amide bonds. The predicted molar refractivity (Wildman–Crippen MR) is 84.0 cm³/mol. The minimum atomic E-state index is -0.287. The second-order valence-corrected chi connectivity index (χ2v) is 5.85. The van der Waals surface area contributed by atoms with Crippen LogP contribution in [0.5, 0.6) is 0 Å². The maximum absolute atomic E-state index is 11.4. The summed E-state index contributed by atoms with van der Waals surface area (Å²) < 4.78 is 4.72. The van der Waals surface area contributed by atoms with E-state index in [2.05, 4.69) is 11.8 Å². The van der Waals surface area contributed by atoms with Crippen LogP contribution in [0.2, 0.25) is 0 Å². The Balaban J connectivity index is 1.99. The van der Waals surface area contributed by atoms with Gasteiger partial charge < -0.3 is 10.5 Å². The minimum absolute atomic E-state index is 0.287. The van der Waals surface area contributed by atoms with E-state index in [0.29, 0.717) is 11.6 Å². The molecule has 1 aromatic carbocycles. The third kappa shape index (κ3) is 4.05. The zero-order valence-electron chi connectivity index (χ0n) is 13.0. The molecular formula is C17H26N2O2. The SMILES string of the molecule is CCC1CCN(Cc2ccc(C(=O)OC)cc2)C(CN)C1. The molecule has 1 aliphatic rings. The number of hydrogen-bond donors (Lipinski definition) is 1. The molecule has 2 atom stereocenters. The summed E-state index contributed by atoms with van der Waals surface area (Å²) in [4.78, 5) is 13.9. The van der Waals surface area contributed by atoms with Gasteiger partial charge >= 0.3 is 5.97 Å². The molecule has 1 aromatic rings. The summed E-state index contributed by atoms with van der Waals surface area (Å²) >= 11 is 0. The highest BCUT2D eigenvalue weighted by atomic mass is 16.5. The Hall–Kier alpha value is -1.39. The largest absolute Gasteiger partial charge is 0.465 e.